The van der Waals surface area contributed by atoms with Crippen LogP contribution in [0.1, 0.15) is 20.8 Å². The van der Waals surface area contributed by atoms with Crippen molar-refractivity contribution in [1.29, 1.82) is 0 Å². The van der Waals surface area contributed by atoms with E-state index in [1.54, 1.807) is 12.1 Å². The minimum Gasteiger partial charge on any atom is -0.324 e. The molecule has 3 amide bonds. The number of nitrogens with zero attached hydrogens (tertiary/aromatic N) is 2. The molecule has 0 saturated heterocycles. The minimum absolute atomic E-state index is 0.0554. The summed E-state index contributed by atoms with van der Waals surface area (Å²) in [6.45, 7) is -0.408. The maximum atomic E-state index is 12.1. The van der Waals surface area contributed by atoms with Crippen LogP contribution in [0.25, 0.3) is 0 Å². The fraction of sp³-hybridized carbons (Fsp3) is 0.0667. The van der Waals surface area contributed by atoms with Gasteiger partial charge in [0.15, 0.2) is 0 Å². The first kappa shape index (κ1) is 15.5. The molecule has 6 nitrogen and oxygen atoms in total. The summed E-state index contributed by atoms with van der Waals surface area (Å²) in [5, 5.41) is 3.20. The number of anilines is 1. The predicted molar refractivity (Wildman–Crippen MR) is 84.7 cm³/mol. The number of amides is 3. The van der Waals surface area contributed by atoms with Gasteiger partial charge in [-0.2, -0.15) is 0 Å². The van der Waals surface area contributed by atoms with Gasteiger partial charge in [0.2, 0.25) is 5.91 Å². The van der Waals surface area contributed by atoms with Crippen molar-refractivity contribution in [2.45, 2.75) is 0 Å². The second-order valence-corrected chi connectivity index (χ2v) is 5.59. The van der Waals surface area contributed by atoms with Crippen molar-refractivity contribution in [2.75, 3.05) is 11.9 Å². The van der Waals surface area contributed by atoms with Crippen LogP contribution >= 0.6 is 23.2 Å². The molecule has 2 heterocycles. The lowest BCUT2D eigenvalue weighted by Crippen LogP contribution is -2.37. The summed E-state index contributed by atoms with van der Waals surface area (Å²) < 4.78 is 0. The average Bonchev–Trinajstić information content (AvgIpc) is 2.76. The molecule has 0 unspecified atom stereocenters. The van der Waals surface area contributed by atoms with Crippen LogP contribution in [-0.4, -0.2) is 34.2 Å². The van der Waals surface area contributed by atoms with Crippen LogP contribution in [0.2, 0.25) is 10.0 Å². The van der Waals surface area contributed by atoms with Crippen LogP contribution in [0.5, 0.6) is 0 Å². The standard InChI is InChI=1S/C15H9Cl2N3O3/c16-10-4-3-8(6-11(10)17)19-12(21)7-20-14(22)9-2-1-5-18-13(9)15(20)23/h1-6H,7H2,(H,19,21). The van der Waals surface area contributed by atoms with Crippen LogP contribution in [0.15, 0.2) is 36.5 Å². The van der Waals surface area contributed by atoms with Crippen molar-refractivity contribution in [3.8, 4) is 0 Å². The number of rotatable bonds is 3. The Morgan fingerprint density at radius 3 is 2.61 bits per heavy atom. The van der Waals surface area contributed by atoms with Gasteiger partial charge in [0.05, 0.1) is 15.6 Å². The molecular formula is C15H9Cl2N3O3. The Morgan fingerprint density at radius 2 is 1.91 bits per heavy atom. The second kappa shape index (κ2) is 5.98. The van der Waals surface area contributed by atoms with Crippen molar-refractivity contribution in [3.05, 3.63) is 57.8 Å². The molecule has 0 saturated carbocycles. The monoisotopic (exact) mass is 349 g/mol. The molecule has 0 radical (unpaired) electrons. The summed E-state index contributed by atoms with van der Waals surface area (Å²) in [5.41, 5.74) is 0.666. The smallest absolute Gasteiger partial charge is 0.280 e. The molecule has 3 rings (SSSR count). The van der Waals surface area contributed by atoms with Gasteiger partial charge < -0.3 is 5.32 Å². The lowest BCUT2D eigenvalue weighted by atomic mass is 10.2. The Kier molecular flexibility index (Phi) is 4.02. The Bertz CT molecular complexity index is 803. The number of carbonyl (C=O) groups excluding carboxylic acids is 3. The second-order valence-electron chi connectivity index (χ2n) is 4.77. The van der Waals surface area contributed by atoms with Crippen LogP contribution in [0, 0.1) is 0 Å². The zero-order valence-corrected chi connectivity index (χ0v) is 13.1. The third-order valence-corrected chi connectivity index (χ3v) is 3.98. The highest BCUT2D eigenvalue weighted by Crippen LogP contribution is 2.25. The molecule has 2 aromatic rings. The van der Waals surface area contributed by atoms with E-state index in [2.05, 4.69) is 10.3 Å². The van der Waals surface area contributed by atoms with Crippen LogP contribution in [0.4, 0.5) is 5.69 Å². The minimum atomic E-state index is -0.588. The maximum absolute atomic E-state index is 12.1. The summed E-state index contributed by atoms with van der Waals surface area (Å²) in [6, 6.07) is 7.63. The fourth-order valence-corrected chi connectivity index (χ4v) is 2.47. The van der Waals surface area contributed by atoms with Gasteiger partial charge in [0.1, 0.15) is 12.2 Å². The van der Waals surface area contributed by atoms with E-state index in [0.29, 0.717) is 10.7 Å². The lowest BCUT2D eigenvalue weighted by molar-refractivity contribution is -0.116. The van der Waals surface area contributed by atoms with Gasteiger partial charge in [-0.25, -0.2) is 0 Å². The number of aromatic nitrogens is 1. The number of carbonyl (C=O) groups is 3. The molecule has 0 spiro atoms. The van der Waals surface area contributed by atoms with Gasteiger partial charge in [-0.15, -0.1) is 0 Å². The normalized spacial score (nSPS) is 13.2. The van der Waals surface area contributed by atoms with Crippen molar-refractivity contribution in [3.63, 3.8) is 0 Å². The van der Waals surface area contributed by atoms with Gasteiger partial charge >= 0.3 is 0 Å². The van der Waals surface area contributed by atoms with Crippen LogP contribution < -0.4 is 5.32 Å². The van der Waals surface area contributed by atoms with E-state index < -0.39 is 24.3 Å². The molecule has 0 bridgehead atoms. The molecule has 8 heteroatoms. The fourth-order valence-electron chi connectivity index (χ4n) is 2.18. The Hall–Kier alpha value is -2.44. The third kappa shape index (κ3) is 2.91. The van der Waals surface area contributed by atoms with E-state index in [-0.39, 0.29) is 16.3 Å². The van der Waals surface area contributed by atoms with Crippen LogP contribution in [0.3, 0.4) is 0 Å². The molecule has 1 aliphatic rings. The van der Waals surface area contributed by atoms with E-state index in [1.165, 1.54) is 24.4 Å². The van der Waals surface area contributed by atoms with E-state index in [1.807, 2.05) is 0 Å². The largest absolute Gasteiger partial charge is 0.324 e. The summed E-state index contributed by atoms with van der Waals surface area (Å²) >= 11 is 11.7. The highest BCUT2D eigenvalue weighted by Gasteiger charge is 2.37. The Labute approximate surface area is 141 Å². The van der Waals surface area contributed by atoms with Gasteiger partial charge in [-0.3, -0.25) is 24.3 Å². The SMILES string of the molecule is O=C(CN1C(=O)c2cccnc2C1=O)Nc1ccc(Cl)c(Cl)c1. The predicted octanol–water partition coefficient (Wildman–Crippen LogP) is 2.62. The molecule has 1 N–H and O–H groups in total. The third-order valence-electron chi connectivity index (χ3n) is 3.24. The van der Waals surface area contributed by atoms with E-state index in [4.69, 9.17) is 23.2 Å². The lowest BCUT2D eigenvalue weighted by Gasteiger charge is -2.13. The molecule has 1 aliphatic heterocycles. The van der Waals surface area contributed by atoms with Gasteiger partial charge in [-0.05, 0) is 30.3 Å². The van der Waals surface area contributed by atoms with Gasteiger partial charge in [0.25, 0.3) is 11.8 Å². The average molecular weight is 350 g/mol. The molecule has 0 aliphatic carbocycles. The number of halogens is 2. The summed E-state index contributed by atoms with van der Waals surface area (Å²) in [4.78, 5) is 41.0. The number of hydrogen-bond acceptors (Lipinski definition) is 4. The zero-order chi connectivity index (χ0) is 16.6. The molecule has 0 atom stereocenters. The van der Waals surface area contributed by atoms with Crippen molar-refractivity contribution >= 4 is 46.6 Å². The molecule has 1 aromatic heterocycles. The van der Waals surface area contributed by atoms with Crippen molar-refractivity contribution < 1.29 is 14.4 Å². The van der Waals surface area contributed by atoms with E-state index >= 15 is 0 Å². The quantitative estimate of drug-likeness (QED) is 0.863. The number of benzene rings is 1. The highest BCUT2D eigenvalue weighted by atomic mass is 35.5. The van der Waals surface area contributed by atoms with Gasteiger partial charge in [0, 0.05) is 11.9 Å². The topological polar surface area (TPSA) is 79.4 Å². The van der Waals surface area contributed by atoms with E-state index in [0.717, 1.165) is 4.90 Å². The molecule has 1 aromatic carbocycles. The molecule has 116 valence electrons. The highest BCUT2D eigenvalue weighted by molar-refractivity contribution is 6.42. The zero-order valence-electron chi connectivity index (χ0n) is 11.5. The Morgan fingerprint density at radius 1 is 1.13 bits per heavy atom. The first-order valence-electron chi connectivity index (χ1n) is 6.53. The number of pyridine rings is 1. The van der Waals surface area contributed by atoms with Crippen LogP contribution in [-0.2, 0) is 4.79 Å². The number of nitrogens with one attached hydrogen (secondary N) is 1. The van der Waals surface area contributed by atoms with E-state index in [9.17, 15) is 14.4 Å². The Balaban J connectivity index is 1.73. The summed E-state index contributed by atoms with van der Waals surface area (Å²) in [5.74, 6) is -1.66. The maximum Gasteiger partial charge on any atom is 0.280 e. The molecule has 0 fully saturated rings. The molecular weight excluding hydrogens is 341 g/mol. The number of imide groups is 1. The number of hydrogen-bond donors (Lipinski definition) is 1. The summed E-state index contributed by atoms with van der Waals surface area (Å²) in [6.07, 6.45) is 1.42. The summed E-state index contributed by atoms with van der Waals surface area (Å²) in [7, 11) is 0. The molecule has 23 heavy (non-hydrogen) atoms. The van der Waals surface area contributed by atoms with Gasteiger partial charge in [-0.1, -0.05) is 23.2 Å². The first-order valence-corrected chi connectivity index (χ1v) is 7.29. The number of fused-ring (bicyclic) bond motifs is 1. The first-order chi connectivity index (χ1) is 11.0. The van der Waals surface area contributed by atoms with Crippen molar-refractivity contribution in [2.24, 2.45) is 0 Å². The van der Waals surface area contributed by atoms with Crippen molar-refractivity contribution in [1.82, 2.24) is 9.88 Å².